The highest BCUT2D eigenvalue weighted by Crippen LogP contribution is 2.33. The Labute approximate surface area is 194 Å². The van der Waals surface area contributed by atoms with Crippen LogP contribution in [0.4, 0.5) is 14.7 Å². The maximum absolute atomic E-state index is 12.6. The normalized spacial score (nSPS) is 20.9. The molecule has 1 aliphatic rings. The smallest absolute Gasteiger partial charge is 0.244 e. The van der Waals surface area contributed by atoms with Crippen molar-refractivity contribution in [2.24, 2.45) is 0 Å². The van der Waals surface area contributed by atoms with Crippen molar-refractivity contribution >= 4 is 17.2 Å². The number of rotatable bonds is 8. The molecule has 0 unspecified atom stereocenters. The number of hydrogen-bond acceptors (Lipinski definition) is 7. The highest BCUT2D eigenvalue weighted by Gasteiger charge is 2.29. The first-order chi connectivity index (χ1) is 16.4. The van der Waals surface area contributed by atoms with Crippen molar-refractivity contribution in [2.45, 2.75) is 63.5 Å². The molecule has 0 spiro atoms. The van der Waals surface area contributed by atoms with E-state index in [1.54, 1.807) is 16.9 Å². The molecule has 0 aromatic carbocycles. The predicted molar refractivity (Wildman–Crippen MR) is 122 cm³/mol. The van der Waals surface area contributed by atoms with Gasteiger partial charge in [0.25, 0.3) is 0 Å². The number of nitrogens with zero attached hydrogens (tertiary/aromatic N) is 6. The van der Waals surface area contributed by atoms with E-state index in [-0.39, 0.29) is 25.5 Å². The molecule has 5 rings (SSSR count). The van der Waals surface area contributed by atoms with Crippen LogP contribution in [-0.2, 0) is 0 Å². The summed E-state index contributed by atoms with van der Waals surface area (Å²) in [4.78, 5) is 13.2. The van der Waals surface area contributed by atoms with Gasteiger partial charge in [0.1, 0.15) is 5.52 Å². The van der Waals surface area contributed by atoms with Gasteiger partial charge in [-0.15, -0.1) is 5.10 Å². The summed E-state index contributed by atoms with van der Waals surface area (Å²) in [6.07, 6.45) is 9.53. The zero-order chi connectivity index (χ0) is 23.7. The number of imidazole rings is 1. The molecule has 0 bridgehead atoms. The van der Waals surface area contributed by atoms with Crippen molar-refractivity contribution in [3.63, 3.8) is 0 Å². The number of anilines is 1. The number of hydrogen-bond donors (Lipinski definition) is 2. The van der Waals surface area contributed by atoms with Crippen LogP contribution in [0.5, 0.6) is 5.88 Å². The summed E-state index contributed by atoms with van der Waals surface area (Å²) in [7, 11) is 0. The Hall–Kier alpha value is -3.34. The van der Waals surface area contributed by atoms with E-state index >= 15 is 0 Å². The van der Waals surface area contributed by atoms with E-state index in [1.165, 1.54) is 0 Å². The van der Waals surface area contributed by atoms with Crippen molar-refractivity contribution in [3.05, 3.63) is 37.1 Å². The summed E-state index contributed by atoms with van der Waals surface area (Å²) >= 11 is 0. The number of aliphatic hydroxyl groups is 1. The Bertz CT molecular complexity index is 1280. The van der Waals surface area contributed by atoms with Gasteiger partial charge in [-0.3, -0.25) is 4.40 Å². The average Bonchev–Trinajstić information content (AvgIpc) is 3.44. The lowest BCUT2D eigenvalue weighted by Crippen LogP contribution is -2.36. The summed E-state index contributed by atoms with van der Waals surface area (Å²) in [5.41, 5.74) is 1.63. The lowest BCUT2D eigenvalue weighted by Gasteiger charge is -2.33. The number of nitrogens with one attached hydrogen (secondary N) is 1. The van der Waals surface area contributed by atoms with Crippen LogP contribution in [0.25, 0.3) is 22.4 Å². The van der Waals surface area contributed by atoms with E-state index in [9.17, 15) is 13.9 Å². The highest BCUT2D eigenvalue weighted by molar-refractivity contribution is 5.84. The molecular weight excluding hydrogens is 444 g/mol. The second kappa shape index (κ2) is 9.13. The van der Waals surface area contributed by atoms with E-state index in [4.69, 9.17) is 4.74 Å². The maximum Gasteiger partial charge on any atom is 0.244 e. The fourth-order valence-corrected chi connectivity index (χ4v) is 4.32. The highest BCUT2D eigenvalue weighted by atomic mass is 19.3. The lowest BCUT2D eigenvalue weighted by atomic mass is 9.84. The van der Waals surface area contributed by atoms with Gasteiger partial charge in [0.05, 0.1) is 12.2 Å². The molecule has 0 saturated heterocycles. The number of fused-ring (bicyclic) bond motifs is 2. The summed E-state index contributed by atoms with van der Waals surface area (Å²) < 4.78 is 34.6. The quantitative estimate of drug-likeness (QED) is 0.375. The second-order valence-electron chi connectivity index (χ2n) is 9.04. The molecule has 4 aromatic heterocycles. The van der Waals surface area contributed by atoms with Crippen LogP contribution in [0.15, 0.2) is 37.1 Å². The van der Waals surface area contributed by atoms with Crippen LogP contribution in [0.2, 0.25) is 0 Å². The minimum absolute atomic E-state index is 0.117. The summed E-state index contributed by atoms with van der Waals surface area (Å²) in [6, 6.07) is 2.03. The first-order valence-electron chi connectivity index (χ1n) is 11.5. The van der Waals surface area contributed by atoms with Crippen LogP contribution in [0, 0.1) is 0 Å². The average molecular weight is 472 g/mol. The van der Waals surface area contributed by atoms with Crippen LogP contribution in [-0.4, -0.2) is 58.7 Å². The lowest BCUT2D eigenvalue weighted by molar-refractivity contribution is 0.0195. The van der Waals surface area contributed by atoms with E-state index in [0.717, 1.165) is 24.0 Å². The van der Waals surface area contributed by atoms with Gasteiger partial charge in [-0.1, -0.05) is 0 Å². The molecule has 4 heterocycles. The van der Waals surface area contributed by atoms with Crippen molar-refractivity contribution in [1.29, 1.82) is 0 Å². The number of ether oxygens (including phenoxy) is 1. The van der Waals surface area contributed by atoms with Crippen molar-refractivity contribution in [2.75, 3.05) is 11.9 Å². The van der Waals surface area contributed by atoms with Gasteiger partial charge in [0.2, 0.25) is 24.0 Å². The van der Waals surface area contributed by atoms with Gasteiger partial charge in [-0.2, -0.15) is 4.98 Å². The predicted octanol–water partition coefficient (Wildman–Crippen LogP) is 3.97. The molecule has 9 nitrogen and oxygen atoms in total. The van der Waals surface area contributed by atoms with E-state index < -0.39 is 12.0 Å². The molecule has 0 radical (unpaired) electrons. The van der Waals surface area contributed by atoms with Crippen LogP contribution in [0.1, 0.15) is 45.4 Å². The zero-order valence-electron chi connectivity index (χ0n) is 18.9. The number of alkyl halides is 2. The van der Waals surface area contributed by atoms with Crippen LogP contribution >= 0.6 is 0 Å². The fourth-order valence-electron chi connectivity index (χ4n) is 4.32. The Morgan fingerprint density at radius 1 is 1.26 bits per heavy atom. The molecule has 2 N–H and O–H groups in total. The Morgan fingerprint density at radius 3 is 2.88 bits per heavy atom. The Morgan fingerprint density at radius 2 is 2.09 bits per heavy atom. The van der Waals surface area contributed by atoms with Crippen molar-refractivity contribution < 1.29 is 18.6 Å². The number of halogens is 2. The minimum atomic E-state index is -2.37. The number of aromatic nitrogens is 6. The van der Waals surface area contributed by atoms with Crippen molar-refractivity contribution in [3.8, 4) is 17.0 Å². The van der Waals surface area contributed by atoms with E-state index in [2.05, 4.69) is 25.4 Å². The van der Waals surface area contributed by atoms with Crippen molar-refractivity contribution in [1.82, 2.24) is 29.0 Å². The van der Waals surface area contributed by atoms with Gasteiger partial charge in [0.15, 0.2) is 0 Å². The molecule has 1 saturated carbocycles. The third-order valence-corrected chi connectivity index (χ3v) is 6.24. The maximum atomic E-state index is 12.6. The monoisotopic (exact) mass is 471 g/mol. The Balaban J connectivity index is 1.46. The largest absolute Gasteiger partial charge is 0.476 e. The standard InChI is InChI=1S/C23H27F2N7O2/c1-23(33)7-4-16(5-8-23)28-21-29-20(34-12-2-3-18(24)25)19-17(6-10-32(19)30-21)15-13-27-22-26-9-11-31(22)14-15/h6,9-11,13-14,16,18,33H,2-5,7-8,12H2,1H3,(H,28,30). The molecule has 4 aromatic rings. The molecule has 180 valence electrons. The fraction of sp³-hybridized carbons (Fsp3) is 0.478. The second-order valence-corrected chi connectivity index (χ2v) is 9.04. The van der Waals surface area contributed by atoms with E-state index in [0.29, 0.717) is 36.0 Å². The first-order valence-corrected chi connectivity index (χ1v) is 11.5. The third kappa shape index (κ3) is 4.79. The summed E-state index contributed by atoms with van der Waals surface area (Å²) in [5.74, 6) is 1.30. The van der Waals surface area contributed by atoms with Gasteiger partial charge >= 0.3 is 0 Å². The molecule has 0 amide bonds. The molecule has 1 fully saturated rings. The van der Waals surface area contributed by atoms with Gasteiger partial charge in [0, 0.05) is 54.6 Å². The molecule has 0 atom stereocenters. The van der Waals surface area contributed by atoms with Gasteiger partial charge in [-0.25, -0.2) is 23.3 Å². The molecule has 1 aliphatic carbocycles. The SMILES string of the molecule is CC1(O)CCC(Nc2nc(OCCCC(F)F)c3c(-c4cnc5nccn5c4)ccn3n2)CC1. The molecule has 11 heteroatoms. The third-order valence-electron chi connectivity index (χ3n) is 6.24. The minimum Gasteiger partial charge on any atom is -0.476 e. The van der Waals surface area contributed by atoms with Gasteiger partial charge < -0.3 is 15.2 Å². The summed E-state index contributed by atoms with van der Waals surface area (Å²) in [5, 5.41) is 18.2. The van der Waals surface area contributed by atoms with E-state index in [1.807, 2.05) is 36.0 Å². The van der Waals surface area contributed by atoms with Gasteiger partial charge in [-0.05, 0) is 45.1 Å². The zero-order valence-corrected chi connectivity index (χ0v) is 18.9. The topological polar surface area (TPSA) is 102 Å². The molecule has 34 heavy (non-hydrogen) atoms. The molecule has 0 aliphatic heterocycles. The van der Waals surface area contributed by atoms with Crippen LogP contribution in [0.3, 0.4) is 0 Å². The summed E-state index contributed by atoms with van der Waals surface area (Å²) in [6.45, 7) is 1.97. The Kier molecular flexibility index (Phi) is 6.03. The molecular formula is C23H27F2N7O2. The van der Waals surface area contributed by atoms with Crippen LogP contribution < -0.4 is 10.1 Å². The first kappa shape index (κ1) is 22.5.